The fourth-order valence-corrected chi connectivity index (χ4v) is 3.15. The maximum absolute atomic E-state index is 6.28. The number of furan rings is 1. The maximum atomic E-state index is 6.28. The molecule has 0 aliphatic carbocycles. The zero-order chi connectivity index (χ0) is 17.4. The molecule has 0 bridgehead atoms. The lowest BCUT2D eigenvalue weighted by molar-refractivity contribution is 0.593. The smallest absolute Gasteiger partial charge is 0.174 e. The number of hydrogen-bond acceptors (Lipinski definition) is 2. The van der Waals surface area contributed by atoms with Crippen LogP contribution in [0.1, 0.15) is 5.69 Å². The first-order valence-electron chi connectivity index (χ1n) is 7.80. The van der Waals surface area contributed by atoms with E-state index in [4.69, 9.17) is 27.6 Å². The number of aromatic nitrogens is 2. The van der Waals surface area contributed by atoms with E-state index in [1.54, 1.807) is 6.07 Å². The van der Waals surface area contributed by atoms with E-state index in [9.17, 15) is 0 Å². The van der Waals surface area contributed by atoms with Gasteiger partial charge in [-0.1, -0.05) is 59.6 Å². The lowest BCUT2D eigenvalue weighted by Gasteiger charge is -2.02. The van der Waals surface area contributed by atoms with Gasteiger partial charge in [-0.25, -0.2) is 4.98 Å². The number of nitrogens with one attached hydrogen (secondary N) is 1. The molecule has 0 saturated heterocycles. The second-order valence-electron chi connectivity index (χ2n) is 5.69. The lowest BCUT2D eigenvalue weighted by atomic mass is 10.1. The van der Waals surface area contributed by atoms with Crippen molar-refractivity contribution in [2.75, 3.05) is 0 Å². The van der Waals surface area contributed by atoms with E-state index in [-0.39, 0.29) is 0 Å². The van der Waals surface area contributed by atoms with Crippen LogP contribution in [0.3, 0.4) is 0 Å². The van der Waals surface area contributed by atoms with Crippen LogP contribution in [-0.2, 0) is 0 Å². The molecule has 2 aromatic heterocycles. The first-order chi connectivity index (χ1) is 12.1. The van der Waals surface area contributed by atoms with E-state index in [0.29, 0.717) is 27.4 Å². The Kier molecular flexibility index (Phi) is 4.12. The van der Waals surface area contributed by atoms with Crippen LogP contribution < -0.4 is 0 Å². The van der Waals surface area contributed by atoms with Crippen LogP contribution in [0.4, 0.5) is 0 Å². The Labute approximate surface area is 155 Å². The second-order valence-corrected chi connectivity index (χ2v) is 6.48. The number of rotatable bonds is 3. The SMILES string of the molecule is Cc1[nH]c(-c2ccc(-c3cccc(Cl)c3Cl)o2)nc1-c1ccccc1. The minimum Gasteiger partial charge on any atom is -0.453 e. The first kappa shape index (κ1) is 16.0. The van der Waals surface area contributed by atoms with Crippen LogP contribution in [0.5, 0.6) is 0 Å². The third kappa shape index (κ3) is 2.97. The number of halogens is 2. The Morgan fingerprint density at radius 2 is 1.64 bits per heavy atom. The standard InChI is InChI=1S/C20H14Cl2N2O/c1-12-19(13-6-3-2-4-7-13)24-20(23-12)17-11-10-16(25-17)14-8-5-9-15(21)18(14)22/h2-11H,1H3,(H,23,24). The minimum atomic E-state index is 0.477. The Bertz CT molecular complexity index is 1040. The Morgan fingerprint density at radius 3 is 2.44 bits per heavy atom. The van der Waals surface area contributed by atoms with E-state index in [0.717, 1.165) is 22.5 Å². The number of benzene rings is 2. The molecule has 4 rings (SSSR count). The molecular weight excluding hydrogens is 355 g/mol. The van der Waals surface area contributed by atoms with Crippen molar-refractivity contribution in [3.63, 3.8) is 0 Å². The van der Waals surface area contributed by atoms with E-state index < -0.39 is 0 Å². The van der Waals surface area contributed by atoms with E-state index in [1.807, 2.05) is 61.5 Å². The van der Waals surface area contributed by atoms with Crippen molar-refractivity contribution in [3.8, 4) is 34.2 Å². The Balaban J connectivity index is 1.73. The van der Waals surface area contributed by atoms with E-state index >= 15 is 0 Å². The number of aryl methyl sites for hydroxylation is 1. The molecule has 0 spiro atoms. The van der Waals surface area contributed by atoms with E-state index in [2.05, 4.69) is 9.97 Å². The van der Waals surface area contributed by atoms with E-state index in [1.165, 1.54) is 0 Å². The van der Waals surface area contributed by atoms with Gasteiger partial charge in [-0.05, 0) is 31.2 Å². The fraction of sp³-hybridized carbons (Fsp3) is 0.0500. The summed E-state index contributed by atoms with van der Waals surface area (Å²) in [6.45, 7) is 2.00. The molecule has 0 radical (unpaired) electrons. The van der Waals surface area contributed by atoms with Gasteiger partial charge in [0, 0.05) is 16.8 Å². The van der Waals surface area contributed by atoms with Gasteiger partial charge < -0.3 is 9.40 Å². The molecule has 0 unspecified atom stereocenters. The summed E-state index contributed by atoms with van der Waals surface area (Å²) in [6, 6.07) is 19.3. The molecule has 0 saturated carbocycles. The molecule has 0 aliphatic rings. The summed E-state index contributed by atoms with van der Waals surface area (Å²) in [5.74, 6) is 1.98. The third-order valence-electron chi connectivity index (χ3n) is 3.99. The largest absolute Gasteiger partial charge is 0.453 e. The van der Waals surface area contributed by atoms with Crippen molar-refractivity contribution in [1.82, 2.24) is 9.97 Å². The molecule has 3 nitrogen and oxygen atoms in total. The van der Waals surface area contributed by atoms with Gasteiger partial charge in [-0.2, -0.15) is 0 Å². The van der Waals surface area contributed by atoms with Gasteiger partial charge in [-0.3, -0.25) is 0 Å². The van der Waals surface area contributed by atoms with Crippen LogP contribution >= 0.6 is 23.2 Å². The van der Waals surface area contributed by atoms with Gasteiger partial charge in [0.2, 0.25) is 0 Å². The quantitative estimate of drug-likeness (QED) is 0.441. The van der Waals surface area contributed by atoms with Crippen molar-refractivity contribution >= 4 is 23.2 Å². The Hall–Kier alpha value is -2.49. The van der Waals surface area contributed by atoms with Crippen molar-refractivity contribution in [2.45, 2.75) is 6.92 Å². The lowest BCUT2D eigenvalue weighted by Crippen LogP contribution is -1.80. The molecule has 0 aliphatic heterocycles. The zero-order valence-corrected chi connectivity index (χ0v) is 14.9. The molecule has 2 aromatic carbocycles. The molecule has 4 aromatic rings. The highest BCUT2D eigenvalue weighted by molar-refractivity contribution is 6.43. The Morgan fingerprint density at radius 1 is 0.880 bits per heavy atom. The summed E-state index contributed by atoms with van der Waals surface area (Å²) < 4.78 is 5.96. The average molecular weight is 369 g/mol. The van der Waals surface area contributed by atoms with Crippen molar-refractivity contribution in [3.05, 3.63) is 76.4 Å². The van der Waals surface area contributed by atoms with Gasteiger partial charge in [0.25, 0.3) is 0 Å². The van der Waals surface area contributed by atoms with Crippen LogP contribution in [0, 0.1) is 6.92 Å². The van der Waals surface area contributed by atoms with Crippen LogP contribution in [0.25, 0.3) is 34.2 Å². The topological polar surface area (TPSA) is 41.8 Å². The predicted octanol–water partition coefficient (Wildman–Crippen LogP) is 6.62. The number of imidazole rings is 1. The van der Waals surface area contributed by atoms with Crippen LogP contribution in [0.2, 0.25) is 10.0 Å². The molecule has 124 valence electrons. The number of aromatic amines is 1. The van der Waals surface area contributed by atoms with Crippen LogP contribution in [0.15, 0.2) is 65.1 Å². The number of H-pyrrole nitrogens is 1. The zero-order valence-electron chi connectivity index (χ0n) is 13.4. The number of nitrogens with zero attached hydrogens (tertiary/aromatic N) is 1. The van der Waals surface area contributed by atoms with Crippen molar-refractivity contribution < 1.29 is 4.42 Å². The van der Waals surface area contributed by atoms with Crippen LogP contribution in [-0.4, -0.2) is 9.97 Å². The molecule has 0 atom stereocenters. The van der Waals surface area contributed by atoms with Gasteiger partial charge in [0.15, 0.2) is 11.6 Å². The van der Waals surface area contributed by atoms with Crippen molar-refractivity contribution in [1.29, 1.82) is 0 Å². The van der Waals surface area contributed by atoms with Gasteiger partial charge in [0.1, 0.15) is 5.76 Å². The minimum absolute atomic E-state index is 0.477. The summed E-state index contributed by atoms with van der Waals surface area (Å²) in [6.07, 6.45) is 0. The second kappa shape index (κ2) is 6.43. The normalized spacial score (nSPS) is 11.0. The summed E-state index contributed by atoms with van der Waals surface area (Å²) in [5, 5.41) is 0.975. The summed E-state index contributed by atoms with van der Waals surface area (Å²) in [4.78, 5) is 7.98. The third-order valence-corrected chi connectivity index (χ3v) is 4.81. The number of hydrogen-bond donors (Lipinski definition) is 1. The molecular formula is C20H14Cl2N2O. The summed E-state index contributed by atoms with van der Waals surface area (Å²) in [7, 11) is 0. The molecule has 5 heteroatoms. The molecule has 0 amide bonds. The molecule has 1 N–H and O–H groups in total. The highest BCUT2D eigenvalue weighted by atomic mass is 35.5. The van der Waals surface area contributed by atoms with Gasteiger partial charge in [0.05, 0.1) is 15.7 Å². The molecule has 25 heavy (non-hydrogen) atoms. The summed E-state index contributed by atoms with van der Waals surface area (Å²) in [5.41, 5.74) is 3.72. The first-order valence-corrected chi connectivity index (χ1v) is 8.55. The fourth-order valence-electron chi connectivity index (χ4n) is 2.76. The highest BCUT2D eigenvalue weighted by Gasteiger charge is 2.15. The summed E-state index contributed by atoms with van der Waals surface area (Å²) >= 11 is 12.4. The van der Waals surface area contributed by atoms with Crippen molar-refractivity contribution in [2.24, 2.45) is 0 Å². The average Bonchev–Trinajstić information content (AvgIpc) is 3.25. The van der Waals surface area contributed by atoms with Gasteiger partial charge in [-0.15, -0.1) is 0 Å². The monoisotopic (exact) mass is 368 g/mol. The predicted molar refractivity (Wildman–Crippen MR) is 102 cm³/mol. The highest BCUT2D eigenvalue weighted by Crippen LogP contribution is 2.36. The molecule has 0 fully saturated rings. The molecule has 2 heterocycles. The van der Waals surface area contributed by atoms with Gasteiger partial charge >= 0.3 is 0 Å². The maximum Gasteiger partial charge on any atom is 0.174 e.